The summed E-state index contributed by atoms with van der Waals surface area (Å²) in [7, 11) is -4.36. The van der Waals surface area contributed by atoms with Crippen LogP contribution in [0.2, 0.25) is 0 Å². The first-order valence-corrected chi connectivity index (χ1v) is 11.8. The minimum Gasteiger partial charge on any atom is -0.312 e. The van der Waals surface area contributed by atoms with Crippen molar-refractivity contribution in [1.29, 1.82) is 0 Å². The SMILES string of the molecule is Cc1ccc(S(=O)(=O)C23CCNC2CCc2cc(C(F)(C(F)(F)F)C(F)(F)F)ccc23)cc1F. The molecule has 34 heavy (non-hydrogen) atoms. The molecule has 0 radical (unpaired) electrons. The lowest BCUT2D eigenvalue weighted by atomic mass is 9.77. The van der Waals surface area contributed by atoms with E-state index in [0.29, 0.717) is 12.1 Å². The summed E-state index contributed by atoms with van der Waals surface area (Å²) in [6, 6.07) is 4.24. The van der Waals surface area contributed by atoms with E-state index in [1.807, 2.05) is 0 Å². The fourth-order valence-electron chi connectivity index (χ4n) is 5.06. The minimum atomic E-state index is -6.28. The normalized spacial score (nSPS) is 23.5. The monoisotopic (exact) mass is 513 g/mol. The van der Waals surface area contributed by atoms with Gasteiger partial charge in [-0.3, -0.25) is 0 Å². The van der Waals surface area contributed by atoms with Crippen molar-refractivity contribution in [2.75, 3.05) is 6.54 Å². The molecule has 3 nitrogen and oxygen atoms in total. The first-order chi connectivity index (χ1) is 15.6. The lowest BCUT2D eigenvalue weighted by Gasteiger charge is -2.41. The molecule has 186 valence electrons. The van der Waals surface area contributed by atoms with E-state index in [9.17, 15) is 43.5 Å². The highest BCUT2D eigenvalue weighted by Crippen LogP contribution is 2.55. The van der Waals surface area contributed by atoms with Crippen molar-refractivity contribution in [2.45, 2.75) is 59.9 Å². The van der Waals surface area contributed by atoms with Gasteiger partial charge in [0.1, 0.15) is 10.6 Å². The fourth-order valence-corrected chi connectivity index (χ4v) is 7.42. The highest BCUT2D eigenvalue weighted by atomic mass is 32.2. The first-order valence-electron chi connectivity index (χ1n) is 10.3. The van der Waals surface area contributed by atoms with Crippen LogP contribution in [0.15, 0.2) is 41.3 Å². The molecule has 12 heteroatoms. The third-order valence-electron chi connectivity index (χ3n) is 6.83. The Kier molecular flexibility index (Phi) is 5.60. The first kappa shape index (κ1) is 24.9. The standard InChI is InChI=1S/C22H19F8NO2S/c1-12-2-5-15(11-17(12)23)34(32,33)19-8-9-31-18(19)7-3-13-10-14(4-6-16(13)19)20(24,21(25,26)27)22(28,29)30/h2,4-6,10-11,18,31H,3,7-9H2,1H3. The highest BCUT2D eigenvalue weighted by Gasteiger charge is 2.73. The number of nitrogens with one attached hydrogen (secondary N) is 1. The van der Waals surface area contributed by atoms with E-state index < -0.39 is 50.0 Å². The summed E-state index contributed by atoms with van der Waals surface area (Å²) in [5.74, 6) is -0.774. The molecule has 1 saturated heterocycles. The second kappa shape index (κ2) is 7.64. The largest absolute Gasteiger partial charge is 0.435 e. The van der Waals surface area contributed by atoms with Crippen molar-refractivity contribution in [1.82, 2.24) is 5.32 Å². The summed E-state index contributed by atoms with van der Waals surface area (Å²) in [4.78, 5) is -0.355. The Balaban J connectivity index is 1.93. The average Bonchev–Trinajstić information content (AvgIpc) is 3.19. The number of benzene rings is 2. The summed E-state index contributed by atoms with van der Waals surface area (Å²) >= 11 is 0. The van der Waals surface area contributed by atoms with Crippen LogP contribution < -0.4 is 5.32 Å². The van der Waals surface area contributed by atoms with E-state index in [1.165, 1.54) is 19.1 Å². The van der Waals surface area contributed by atoms with Crippen LogP contribution in [-0.4, -0.2) is 33.4 Å². The molecule has 1 fully saturated rings. The second-order valence-corrected chi connectivity index (χ2v) is 10.8. The van der Waals surface area contributed by atoms with Crippen LogP contribution in [0.3, 0.4) is 0 Å². The van der Waals surface area contributed by atoms with Gasteiger partial charge < -0.3 is 5.32 Å². The van der Waals surface area contributed by atoms with Gasteiger partial charge in [-0.15, -0.1) is 0 Å². The van der Waals surface area contributed by atoms with Crippen LogP contribution >= 0.6 is 0 Å². The molecule has 0 aromatic heterocycles. The van der Waals surface area contributed by atoms with Crippen molar-refractivity contribution in [3.8, 4) is 0 Å². The maximum Gasteiger partial charge on any atom is 0.435 e. The molecule has 0 saturated carbocycles. The quantitative estimate of drug-likeness (QED) is 0.560. The number of rotatable bonds is 3. The highest BCUT2D eigenvalue weighted by molar-refractivity contribution is 7.92. The van der Waals surface area contributed by atoms with Gasteiger partial charge in [-0.1, -0.05) is 24.3 Å². The van der Waals surface area contributed by atoms with Gasteiger partial charge in [-0.25, -0.2) is 17.2 Å². The molecule has 2 aromatic rings. The third-order valence-corrected chi connectivity index (χ3v) is 9.37. The molecular weight excluding hydrogens is 494 g/mol. The van der Waals surface area contributed by atoms with Gasteiger partial charge in [0.2, 0.25) is 0 Å². The number of hydrogen-bond acceptors (Lipinski definition) is 3. The van der Waals surface area contributed by atoms with Gasteiger partial charge in [0, 0.05) is 11.6 Å². The van der Waals surface area contributed by atoms with Crippen LogP contribution in [0.5, 0.6) is 0 Å². The van der Waals surface area contributed by atoms with E-state index in [-0.39, 0.29) is 47.4 Å². The van der Waals surface area contributed by atoms with Crippen LogP contribution in [0.4, 0.5) is 35.1 Å². The lowest BCUT2D eigenvalue weighted by molar-refractivity contribution is -0.348. The second-order valence-electron chi connectivity index (χ2n) is 8.63. The predicted molar refractivity (Wildman–Crippen MR) is 106 cm³/mol. The fraction of sp³-hybridized carbons (Fsp3) is 0.455. The molecule has 0 amide bonds. The van der Waals surface area contributed by atoms with Gasteiger partial charge in [-0.2, -0.15) is 26.3 Å². The maximum atomic E-state index is 14.6. The molecule has 2 unspecified atom stereocenters. The van der Waals surface area contributed by atoms with Gasteiger partial charge in [0.05, 0.1) is 4.90 Å². The zero-order chi connectivity index (χ0) is 25.3. The molecular formula is C22H19F8NO2S. The number of sulfone groups is 1. The molecule has 0 bridgehead atoms. The summed E-state index contributed by atoms with van der Waals surface area (Å²) in [6.45, 7) is 1.64. The summed E-state index contributed by atoms with van der Waals surface area (Å²) in [5, 5.41) is 3.03. The molecule has 1 aliphatic carbocycles. The molecule has 0 spiro atoms. The van der Waals surface area contributed by atoms with E-state index in [0.717, 1.165) is 12.1 Å². The molecule has 1 N–H and O–H groups in total. The van der Waals surface area contributed by atoms with Gasteiger partial charge in [0.15, 0.2) is 9.84 Å². The number of halogens is 8. The molecule has 4 rings (SSSR count). The smallest absolute Gasteiger partial charge is 0.312 e. The summed E-state index contributed by atoms with van der Waals surface area (Å²) < 4.78 is 134. The summed E-state index contributed by atoms with van der Waals surface area (Å²) in [6.07, 6.45) is -12.6. The van der Waals surface area contributed by atoms with E-state index in [1.54, 1.807) is 0 Å². The van der Waals surface area contributed by atoms with Crippen molar-refractivity contribution >= 4 is 9.84 Å². The number of fused-ring (bicyclic) bond motifs is 3. The number of alkyl halides is 7. The average molecular weight is 513 g/mol. The number of aryl methyl sites for hydroxylation is 2. The van der Waals surface area contributed by atoms with Crippen LogP contribution in [-0.2, 0) is 26.7 Å². The van der Waals surface area contributed by atoms with E-state index in [4.69, 9.17) is 0 Å². The Hall–Kier alpha value is -2.21. The van der Waals surface area contributed by atoms with Crippen LogP contribution in [0.25, 0.3) is 0 Å². The number of hydrogen-bond donors (Lipinski definition) is 1. The Morgan fingerprint density at radius 1 is 0.971 bits per heavy atom. The van der Waals surface area contributed by atoms with Gasteiger partial charge in [0.25, 0.3) is 0 Å². The molecule has 2 atom stereocenters. The zero-order valence-electron chi connectivity index (χ0n) is 17.6. The predicted octanol–water partition coefficient (Wildman–Crippen LogP) is 5.40. The minimum absolute atomic E-state index is 0.00909. The van der Waals surface area contributed by atoms with Gasteiger partial charge >= 0.3 is 18.0 Å². The van der Waals surface area contributed by atoms with Crippen LogP contribution in [0.1, 0.15) is 35.1 Å². The van der Waals surface area contributed by atoms with Gasteiger partial charge in [-0.05, 0) is 61.6 Å². The van der Waals surface area contributed by atoms with Crippen molar-refractivity contribution < 1.29 is 43.5 Å². The Morgan fingerprint density at radius 2 is 1.62 bits per heavy atom. The van der Waals surface area contributed by atoms with Crippen LogP contribution in [0, 0.1) is 12.7 Å². The topological polar surface area (TPSA) is 46.2 Å². The Labute approximate surface area is 190 Å². The Bertz CT molecular complexity index is 1220. The van der Waals surface area contributed by atoms with E-state index in [2.05, 4.69) is 5.32 Å². The van der Waals surface area contributed by atoms with E-state index >= 15 is 0 Å². The van der Waals surface area contributed by atoms with Crippen molar-refractivity contribution in [3.05, 3.63) is 64.5 Å². The third kappa shape index (κ3) is 3.28. The lowest BCUT2D eigenvalue weighted by Crippen LogP contribution is -2.51. The van der Waals surface area contributed by atoms with Crippen molar-refractivity contribution in [2.24, 2.45) is 0 Å². The maximum absolute atomic E-state index is 14.6. The molecule has 1 heterocycles. The molecule has 2 aromatic carbocycles. The molecule has 1 aliphatic heterocycles. The zero-order valence-corrected chi connectivity index (χ0v) is 18.4. The molecule has 2 aliphatic rings. The van der Waals surface area contributed by atoms with Crippen molar-refractivity contribution in [3.63, 3.8) is 0 Å². The summed E-state index contributed by atoms with van der Waals surface area (Å²) in [5.41, 5.74) is -7.21. The Morgan fingerprint density at radius 3 is 2.21 bits per heavy atom.